The fourth-order valence-corrected chi connectivity index (χ4v) is 3.16. The molecule has 2 N–H and O–H groups in total. The molecule has 1 rings (SSSR count). The maximum atomic E-state index is 9.04. The fraction of sp³-hybridized carbons (Fsp3) is 0.900. The first-order valence-corrected chi connectivity index (χ1v) is 6.14. The van der Waals surface area contributed by atoms with Crippen molar-refractivity contribution in [2.24, 2.45) is 0 Å². The third kappa shape index (κ3) is 2.88. The first-order chi connectivity index (χ1) is 6.76. The molecule has 0 radical (unpaired) electrons. The molecular formula is C10H18N2OS. The van der Waals surface area contributed by atoms with Crippen molar-refractivity contribution in [3.63, 3.8) is 0 Å². The van der Waals surface area contributed by atoms with E-state index in [1.165, 1.54) is 0 Å². The first-order valence-electron chi connectivity index (χ1n) is 5.09. The van der Waals surface area contributed by atoms with Crippen LogP contribution in [-0.4, -0.2) is 35.3 Å². The number of aliphatic hydroxyl groups excluding tert-OH is 1. The molecule has 0 aromatic heterocycles. The van der Waals surface area contributed by atoms with E-state index in [0.717, 1.165) is 31.4 Å². The van der Waals surface area contributed by atoms with Crippen LogP contribution in [0.3, 0.4) is 0 Å². The molecule has 2 atom stereocenters. The predicted octanol–water partition coefficient (Wildman–Crippen LogP) is 1.14. The van der Waals surface area contributed by atoms with E-state index in [1.54, 1.807) is 0 Å². The first kappa shape index (κ1) is 11.8. The van der Waals surface area contributed by atoms with Crippen LogP contribution < -0.4 is 5.32 Å². The highest BCUT2D eigenvalue weighted by Gasteiger charge is 2.37. The average Bonchev–Trinajstić information content (AvgIpc) is 2.63. The molecule has 3 nitrogen and oxygen atoms in total. The van der Waals surface area contributed by atoms with Gasteiger partial charge >= 0.3 is 0 Å². The molecule has 0 aromatic carbocycles. The third-order valence-corrected chi connectivity index (χ3v) is 4.22. The average molecular weight is 214 g/mol. The number of nitriles is 1. The van der Waals surface area contributed by atoms with Crippen LogP contribution in [0.4, 0.5) is 0 Å². The van der Waals surface area contributed by atoms with Crippen molar-refractivity contribution in [1.29, 1.82) is 5.26 Å². The molecule has 0 aliphatic heterocycles. The highest BCUT2D eigenvalue weighted by molar-refractivity contribution is 7.99. The largest absolute Gasteiger partial charge is 0.396 e. The molecule has 1 fully saturated rings. The Morgan fingerprint density at radius 1 is 1.71 bits per heavy atom. The molecule has 0 spiro atoms. The van der Waals surface area contributed by atoms with Crippen LogP contribution in [0.5, 0.6) is 0 Å². The molecule has 1 aliphatic rings. The lowest BCUT2D eigenvalue weighted by Crippen LogP contribution is -2.38. The van der Waals surface area contributed by atoms with Gasteiger partial charge < -0.3 is 10.4 Å². The van der Waals surface area contributed by atoms with Gasteiger partial charge in [0.25, 0.3) is 0 Å². The van der Waals surface area contributed by atoms with E-state index < -0.39 is 0 Å². The summed E-state index contributed by atoms with van der Waals surface area (Å²) >= 11 is 1.89. The van der Waals surface area contributed by atoms with Gasteiger partial charge in [-0.25, -0.2) is 0 Å². The van der Waals surface area contributed by atoms with Gasteiger partial charge in [0.2, 0.25) is 0 Å². The van der Waals surface area contributed by atoms with Gasteiger partial charge in [-0.05, 0) is 38.5 Å². The van der Waals surface area contributed by atoms with E-state index in [0.29, 0.717) is 5.25 Å². The molecule has 14 heavy (non-hydrogen) atoms. The summed E-state index contributed by atoms with van der Waals surface area (Å²) in [6.45, 7) is 0.273. The molecule has 0 saturated heterocycles. The maximum absolute atomic E-state index is 9.04. The van der Waals surface area contributed by atoms with E-state index in [1.807, 2.05) is 18.8 Å². The number of nitrogens with one attached hydrogen (secondary N) is 1. The summed E-state index contributed by atoms with van der Waals surface area (Å²) in [4.78, 5) is 0. The zero-order valence-corrected chi connectivity index (χ0v) is 9.44. The topological polar surface area (TPSA) is 56.0 Å². The van der Waals surface area contributed by atoms with Crippen molar-refractivity contribution in [3.8, 4) is 6.07 Å². The number of hydrogen-bond acceptors (Lipinski definition) is 4. The lowest BCUT2D eigenvalue weighted by atomic mass is 10.0. The second-order valence-corrected chi connectivity index (χ2v) is 5.16. The maximum Gasteiger partial charge on any atom is 0.107 e. The standard InChI is InChI=1S/C10H18N2OS/c1-12-10(8-11)4-3-9(7-10)14-6-2-5-13/h9,12-13H,2-7H2,1H3. The Kier molecular flexibility index (Phi) is 4.73. The van der Waals surface area contributed by atoms with Crippen LogP contribution in [0.15, 0.2) is 0 Å². The number of hydrogen-bond donors (Lipinski definition) is 2. The Morgan fingerprint density at radius 2 is 2.50 bits per heavy atom. The van der Waals surface area contributed by atoms with Gasteiger partial charge in [-0.15, -0.1) is 0 Å². The van der Waals surface area contributed by atoms with E-state index in [4.69, 9.17) is 10.4 Å². The summed E-state index contributed by atoms with van der Waals surface area (Å²) in [5.74, 6) is 1.01. The Hall–Kier alpha value is -0.240. The molecule has 0 heterocycles. The molecule has 4 heteroatoms. The van der Waals surface area contributed by atoms with Crippen molar-refractivity contribution in [1.82, 2.24) is 5.32 Å². The summed E-state index contributed by atoms with van der Waals surface area (Å²) < 4.78 is 0. The molecule has 0 bridgehead atoms. The Morgan fingerprint density at radius 3 is 3.00 bits per heavy atom. The summed E-state index contributed by atoms with van der Waals surface area (Å²) in [7, 11) is 1.87. The zero-order valence-electron chi connectivity index (χ0n) is 8.62. The third-order valence-electron chi connectivity index (χ3n) is 2.82. The van der Waals surface area contributed by atoms with Crippen molar-refractivity contribution in [2.45, 2.75) is 36.5 Å². The lowest BCUT2D eigenvalue weighted by molar-refractivity contribution is 0.296. The summed E-state index contributed by atoms with van der Waals surface area (Å²) in [6.07, 6.45) is 3.87. The number of rotatable bonds is 5. The minimum atomic E-state index is -0.281. The van der Waals surface area contributed by atoms with Crippen LogP contribution in [0.2, 0.25) is 0 Å². The second-order valence-electron chi connectivity index (χ2n) is 3.76. The molecule has 1 saturated carbocycles. The van der Waals surface area contributed by atoms with Gasteiger partial charge in [0.05, 0.1) is 6.07 Å². The van der Waals surface area contributed by atoms with Crippen LogP contribution >= 0.6 is 11.8 Å². The van der Waals surface area contributed by atoms with Crippen molar-refractivity contribution in [3.05, 3.63) is 0 Å². The van der Waals surface area contributed by atoms with Gasteiger partial charge in [0, 0.05) is 11.9 Å². The van der Waals surface area contributed by atoms with E-state index in [-0.39, 0.29) is 12.1 Å². The quantitative estimate of drug-likeness (QED) is 0.674. The minimum absolute atomic E-state index is 0.273. The van der Waals surface area contributed by atoms with Gasteiger partial charge in [-0.3, -0.25) is 0 Å². The van der Waals surface area contributed by atoms with E-state index >= 15 is 0 Å². The van der Waals surface area contributed by atoms with Gasteiger partial charge in [-0.1, -0.05) is 0 Å². The molecular weight excluding hydrogens is 196 g/mol. The summed E-state index contributed by atoms with van der Waals surface area (Å²) in [5.41, 5.74) is -0.281. The van der Waals surface area contributed by atoms with Crippen LogP contribution in [0.1, 0.15) is 25.7 Å². The van der Waals surface area contributed by atoms with Crippen LogP contribution in [-0.2, 0) is 0 Å². The van der Waals surface area contributed by atoms with Crippen molar-refractivity contribution >= 4 is 11.8 Å². The van der Waals surface area contributed by atoms with Gasteiger partial charge in [0.15, 0.2) is 0 Å². The predicted molar refractivity (Wildman–Crippen MR) is 59.2 cm³/mol. The number of aliphatic hydroxyl groups is 1. The van der Waals surface area contributed by atoms with Gasteiger partial charge in [-0.2, -0.15) is 17.0 Å². The Bertz CT molecular complexity index is 217. The number of nitrogens with zero attached hydrogens (tertiary/aromatic N) is 1. The van der Waals surface area contributed by atoms with Gasteiger partial charge in [0.1, 0.15) is 5.54 Å². The number of thioether (sulfide) groups is 1. The van der Waals surface area contributed by atoms with Crippen molar-refractivity contribution < 1.29 is 5.11 Å². The monoisotopic (exact) mass is 214 g/mol. The fourth-order valence-electron chi connectivity index (χ4n) is 1.84. The normalized spacial score (nSPS) is 31.6. The zero-order chi connectivity index (χ0) is 10.4. The van der Waals surface area contributed by atoms with Crippen LogP contribution in [0.25, 0.3) is 0 Å². The molecule has 1 aliphatic carbocycles. The summed E-state index contributed by atoms with van der Waals surface area (Å²) in [6, 6.07) is 2.37. The highest BCUT2D eigenvalue weighted by Crippen LogP contribution is 2.36. The molecule has 0 aromatic rings. The Balaban J connectivity index is 2.30. The molecule has 0 amide bonds. The van der Waals surface area contributed by atoms with E-state index in [2.05, 4.69) is 11.4 Å². The molecule has 2 unspecified atom stereocenters. The lowest BCUT2D eigenvalue weighted by Gasteiger charge is -2.19. The minimum Gasteiger partial charge on any atom is -0.396 e. The summed E-state index contributed by atoms with van der Waals surface area (Å²) in [5, 5.41) is 21.4. The second kappa shape index (κ2) is 5.59. The molecule has 80 valence electrons. The van der Waals surface area contributed by atoms with Crippen molar-refractivity contribution in [2.75, 3.05) is 19.4 Å². The van der Waals surface area contributed by atoms with E-state index in [9.17, 15) is 0 Å². The smallest absolute Gasteiger partial charge is 0.107 e. The SMILES string of the molecule is CNC1(C#N)CCC(SCCCO)C1. The van der Waals surface area contributed by atoms with Crippen LogP contribution in [0, 0.1) is 11.3 Å². The Labute approximate surface area is 89.9 Å². The highest BCUT2D eigenvalue weighted by atomic mass is 32.2.